The molecule has 0 spiro atoms. The van der Waals surface area contributed by atoms with Crippen LogP contribution in [0, 0.1) is 20.8 Å². The highest BCUT2D eigenvalue weighted by atomic mass is 16.3. The fraction of sp³-hybridized carbons (Fsp3) is 0.312. The fourth-order valence-electron chi connectivity index (χ4n) is 2.58. The highest BCUT2D eigenvalue weighted by molar-refractivity contribution is 5.82. The Morgan fingerprint density at radius 2 is 1.95 bits per heavy atom. The van der Waals surface area contributed by atoms with Crippen molar-refractivity contribution in [3.63, 3.8) is 0 Å². The monoisotopic (exact) mass is 269 g/mol. The van der Waals surface area contributed by atoms with E-state index < -0.39 is 0 Å². The van der Waals surface area contributed by atoms with E-state index in [1.807, 2.05) is 29.8 Å². The van der Waals surface area contributed by atoms with Gasteiger partial charge in [-0.25, -0.2) is 0 Å². The van der Waals surface area contributed by atoms with Crippen molar-refractivity contribution in [3.8, 4) is 0 Å². The second-order valence-electron chi connectivity index (χ2n) is 5.16. The molecule has 2 heterocycles. The zero-order valence-electron chi connectivity index (χ0n) is 12.1. The van der Waals surface area contributed by atoms with Crippen LogP contribution in [0.1, 0.15) is 28.3 Å². The van der Waals surface area contributed by atoms with Gasteiger partial charge in [0.1, 0.15) is 11.3 Å². The second kappa shape index (κ2) is 4.80. The van der Waals surface area contributed by atoms with Gasteiger partial charge in [-0.3, -0.25) is 4.68 Å². The van der Waals surface area contributed by atoms with Crippen molar-refractivity contribution in [1.29, 1.82) is 0 Å². The van der Waals surface area contributed by atoms with Crippen LogP contribution in [0.15, 0.2) is 28.7 Å². The maximum atomic E-state index is 5.83. The van der Waals surface area contributed by atoms with Gasteiger partial charge >= 0.3 is 0 Å². The number of hydrogen-bond acceptors (Lipinski definition) is 3. The minimum atomic E-state index is 0.405. The van der Waals surface area contributed by atoms with E-state index in [1.54, 1.807) is 0 Å². The number of rotatable bonds is 3. The third-order valence-corrected chi connectivity index (χ3v) is 4.02. The molecule has 0 aliphatic heterocycles. The van der Waals surface area contributed by atoms with Crippen LogP contribution < -0.4 is 5.73 Å². The average Bonchev–Trinajstić information content (AvgIpc) is 2.93. The number of aromatic nitrogens is 2. The van der Waals surface area contributed by atoms with Crippen LogP contribution in [0.3, 0.4) is 0 Å². The molecule has 0 aliphatic rings. The van der Waals surface area contributed by atoms with E-state index in [4.69, 9.17) is 10.2 Å². The van der Waals surface area contributed by atoms with E-state index >= 15 is 0 Å². The molecule has 0 radical (unpaired) electrons. The Morgan fingerprint density at radius 1 is 1.20 bits per heavy atom. The van der Waals surface area contributed by atoms with Gasteiger partial charge in [0.2, 0.25) is 0 Å². The Kier molecular flexibility index (Phi) is 3.10. The normalized spacial score (nSPS) is 11.4. The predicted molar refractivity (Wildman–Crippen MR) is 79.6 cm³/mol. The van der Waals surface area contributed by atoms with Crippen LogP contribution in [0.4, 0.5) is 0 Å². The van der Waals surface area contributed by atoms with Crippen molar-refractivity contribution in [2.24, 2.45) is 5.73 Å². The second-order valence-corrected chi connectivity index (χ2v) is 5.16. The largest absolute Gasteiger partial charge is 0.459 e. The molecule has 2 aromatic heterocycles. The number of nitrogens with two attached hydrogens (primary N) is 1. The lowest BCUT2D eigenvalue weighted by Gasteiger charge is -2.05. The van der Waals surface area contributed by atoms with Gasteiger partial charge in [0.15, 0.2) is 0 Å². The number of para-hydroxylation sites is 1. The minimum Gasteiger partial charge on any atom is -0.459 e. The zero-order valence-corrected chi connectivity index (χ0v) is 12.1. The van der Waals surface area contributed by atoms with Gasteiger partial charge < -0.3 is 10.2 Å². The van der Waals surface area contributed by atoms with Crippen LogP contribution in [0.5, 0.6) is 0 Å². The van der Waals surface area contributed by atoms with Gasteiger partial charge in [0.25, 0.3) is 0 Å². The van der Waals surface area contributed by atoms with E-state index in [0.717, 1.165) is 28.0 Å². The van der Waals surface area contributed by atoms with Gasteiger partial charge in [0.05, 0.1) is 18.8 Å². The Labute approximate surface area is 118 Å². The molecule has 0 amide bonds. The molecule has 0 aliphatic carbocycles. The lowest BCUT2D eigenvalue weighted by Crippen LogP contribution is -2.07. The van der Waals surface area contributed by atoms with Crippen molar-refractivity contribution in [2.45, 2.75) is 33.9 Å². The number of fused-ring (bicyclic) bond motifs is 1. The summed E-state index contributed by atoms with van der Waals surface area (Å²) in [4.78, 5) is 0. The van der Waals surface area contributed by atoms with E-state index in [-0.39, 0.29) is 0 Å². The highest BCUT2D eigenvalue weighted by Crippen LogP contribution is 2.27. The maximum Gasteiger partial charge on any atom is 0.134 e. The van der Waals surface area contributed by atoms with Crippen LogP contribution in [-0.4, -0.2) is 9.78 Å². The van der Waals surface area contributed by atoms with Crippen LogP contribution in [0.25, 0.3) is 11.0 Å². The fourth-order valence-corrected chi connectivity index (χ4v) is 2.58. The Bertz CT molecular complexity index is 767. The lowest BCUT2D eigenvalue weighted by molar-refractivity contribution is 0.537. The molecule has 2 N–H and O–H groups in total. The van der Waals surface area contributed by atoms with E-state index in [2.05, 4.69) is 25.0 Å². The molecule has 20 heavy (non-hydrogen) atoms. The number of furan rings is 1. The van der Waals surface area contributed by atoms with Crippen molar-refractivity contribution >= 4 is 11.0 Å². The van der Waals surface area contributed by atoms with Crippen LogP contribution in [0.2, 0.25) is 0 Å². The quantitative estimate of drug-likeness (QED) is 0.795. The first-order valence-electron chi connectivity index (χ1n) is 6.81. The summed E-state index contributed by atoms with van der Waals surface area (Å²) < 4.78 is 7.86. The number of nitrogens with zero attached hydrogens (tertiary/aromatic N) is 2. The summed E-state index contributed by atoms with van der Waals surface area (Å²) in [6, 6.07) is 8.05. The number of aryl methyl sites for hydroxylation is 1. The van der Waals surface area contributed by atoms with Crippen LogP contribution in [-0.2, 0) is 13.1 Å². The summed E-state index contributed by atoms with van der Waals surface area (Å²) in [6.07, 6.45) is 0. The molecule has 0 saturated carbocycles. The van der Waals surface area contributed by atoms with E-state index in [1.165, 1.54) is 11.3 Å². The first-order chi connectivity index (χ1) is 9.61. The summed E-state index contributed by atoms with van der Waals surface area (Å²) in [5.41, 5.74) is 11.3. The molecule has 0 unspecified atom stereocenters. The van der Waals surface area contributed by atoms with Gasteiger partial charge in [-0.05, 0) is 32.4 Å². The smallest absolute Gasteiger partial charge is 0.134 e. The van der Waals surface area contributed by atoms with Crippen molar-refractivity contribution < 1.29 is 4.42 Å². The first-order valence-corrected chi connectivity index (χ1v) is 6.81. The average molecular weight is 269 g/mol. The SMILES string of the molecule is Cc1nn(Cc2c(CN)oc3ccccc23)c(C)c1C. The summed E-state index contributed by atoms with van der Waals surface area (Å²) in [6.45, 7) is 7.34. The van der Waals surface area contributed by atoms with Crippen molar-refractivity contribution in [1.82, 2.24) is 9.78 Å². The minimum absolute atomic E-state index is 0.405. The number of benzene rings is 1. The summed E-state index contributed by atoms with van der Waals surface area (Å²) in [5.74, 6) is 0.844. The van der Waals surface area contributed by atoms with Crippen molar-refractivity contribution in [3.05, 3.63) is 52.5 Å². The molecule has 0 saturated heterocycles. The molecule has 3 rings (SSSR count). The van der Waals surface area contributed by atoms with Crippen LogP contribution >= 0.6 is 0 Å². The number of hydrogen-bond donors (Lipinski definition) is 1. The van der Waals surface area contributed by atoms with Crippen molar-refractivity contribution in [2.75, 3.05) is 0 Å². The molecule has 4 nitrogen and oxygen atoms in total. The summed E-state index contributed by atoms with van der Waals surface area (Å²) in [7, 11) is 0. The van der Waals surface area contributed by atoms with Gasteiger partial charge in [0, 0.05) is 16.6 Å². The van der Waals surface area contributed by atoms with E-state index in [0.29, 0.717) is 13.1 Å². The lowest BCUT2D eigenvalue weighted by atomic mass is 10.1. The zero-order chi connectivity index (χ0) is 14.3. The molecule has 0 atom stereocenters. The Balaban J connectivity index is 2.12. The molecule has 4 heteroatoms. The highest BCUT2D eigenvalue weighted by Gasteiger charge is 2.15. The molecule has 0 bridgehead atoms. The van der Waals surface area contributed by atoms with E-state index in [9.17, 15) is 0 Å². The van der Waals surface area contributed by atoms with Gasteiger partial charge in [-0.1, -0.05) is 18.2 Å². The first kappa shape index (κ1) is 12.9. The molecule has 1 aromatic carbocycles. The maximum absolute atomic E-state index is 5.83. The Hall–Kier alpha value is -2.07. The summed E-state index contributed by atoms with van der Waals surface area (Å²) in [5, 5.41) is 5.72. The summed E-state index contributed by atoms with van der Waals surface area (Å²) >= 11 is 0. The Morgan fingerprint density at radius 3 is 2.60 bits per heavy atom. The topological polar surface area (TPSA) is 57.0 Å². The van der Waals surface area contributed by atoms with Gasteiger partial charge in [-0.2, -0.15) is 5.10 Å². The third kappa shape index (κ3) is 1.93. The standard InChI is InChI=1S/C16H19N3O/c1-10-11(2)18-19(12(10)3)9-14-13-6-4-5-7-15(13)20-16(14)8-17/h4-7H,8-9,17H2,1-3H3. The molecule has 0 fully saturated rings. The van der Waals surface area contributed by atoms with Gasteiger partial charge in [-0.15, -0.1) is 0 Å². The molecule has 104 valence electrons. The predicted octanol–water partition coefficient (Wildman–Crippen LogP) is 3.06. The molecular formula is C16H19N3O. The third-order valence-electron chi connectivity index (χ3n) is 4.02. The molecule has 3 aromatic rings. The molecular weight excluding hydrogens is 250 g/mol.